The van der Waals surface area contributed by atoms with Crippen LogP contribution >= 0.6 is 0 Å². The van der Waals surface area contributed by atoms with Gasteiger partial charge in [0.15, 0.2) is 0 Å². The third kappa shape index (κ3) is 4.39. The maximum Gasteiger partial charge on any atom is -0.00133 e. The Bertz CT molecular complexity index is 1040. The molecular formula is C38H60. The van der Waals surface area contributed by atoms with E-state index in [-0.39, 0.29) is 10.8 Å². The predicted molar refractivity (Wildman–Crippen MR) is 168 cm³/mol. The topological polar surface area (TPSA) is 0 Å². The molecule has 4 aliphatic rings. The van der Waals surface area contributed by atoms with E-state index < -0.39 is 0 Å². The van der Waals surface area contributed by atoms with Crippen molar-refractivity contribution in [3.63, 3.8) is 0 Å². The fourth-order valence-electron chi connectivity index (χ4n) is 10.6. The van der Waals surface area contributed by atoms with Crippen LogP contribution in [0.5, 0.6) is 0 Å². The number of rotatable bonds is 8. The van der Waals surface area contributed by atoms with Gasteiger partial charge in [-0.15, -0.1) is 6.58 Å². The molecule has 0 aromatic heterocycles. The molecule has 0 bridgehead atoms. The standard InChI is InChI=1S/C38H60/c1-24(2)22-29-18-20-36(11)31-19-21-37(12)34(30(26(5)6)15-14-27(7)25(3)4)28(8)23-38(37,13)32(31)16-17-33(36)35(29,9)10/h16,19,25,28-30,33-34H,1,5,7,14-15,17-18,20-23H2,2-4,6,8-13H3/t28-,29-,30?,33?,34-,36-,37-,38+/m1/s1. The summed E-state index contributed by atoms with van der Waals surface area (Å²) >= 11 is 0. The van der Waals surface area contributed by atoms with E-state index in [2.05, 4.69) is 101 Å². The number of hydrogen-bond donors (Lipinski definition) is 0. The van der Waals surface area contributed by atoms with Gasteiger partial charge >= 0.3 is 0 Å². The van der Waals surface area contributed by atoms with E-state index >= 15 is 0 Å². The number of hydrogen-bond acceptors (Lipinski definition) is 0. The van der Waals surface area contributed by atoms with Crippen molar-refractivity contribution in [2.75, 3.05) is 0 Å². The Balaban J connectivity index is 1.70. The molecule has 8 atom stereocenters. The minimum absolute atomic E-state index is 0.247. The molecule has 212 valence electrons. The van der Waals surface area contributed by atoms with Crippen molar-refractivity contribution in [3.8, 4) is 0 Å². The highest BCUT2D eigenvalue weighted by Crippen LogP contribution is 2.73. The van der Waals surface area contributed by atoms with Gasteiger partial charge in [-0.25, -0.2) is 0 Å². The van der Waals surface area contributed by atoms with Gasteiger partial charge in [-0.05, 0) is 134 Å². The molecule has 0 N–H and O–H groups in total. The molecule has 0 aromatic carbocycles. The van der Waals surface area contributed by atoms with Crippen LogP contribution in [0.1, 0.15) is 121 Å². The Morgan fingerprint density at radius 2 is 1.66 bits per heavy atom. The molecule has 2 fully saturated rings. The van der Waals surface area contributed by atoms with Crippen molar-refractivity contribution in [1.29, 1.82) is 0 Å². The summed E-state index contributed by atoms with van der Waals surface area (Å²) in [4.78, 5) is 0. The number of fused-ring (bicyclic) bond motifs is 5. The van der Waals surface area contributed by atoms with Gasteiger partial charge in [0.2, 0.25) is 0 Å². The first-order chi connectivity index (χ1) is 17.5. The summed E-state index contributed by atoms with van der Waals surface area (Å²) in [6.45, 7) is 38.1. The van der Waals surface area contributed by atoms with Crippen molar-refractivity contribution in [2.45, 2.75) is 121 Å². The lowest BCUT2D eigenvalue weighted by Crippen LogP contribution is -2.53. The molecule has 0 aromatic rings. The van der Waals surface area contributed by atoms with E-state index in [9.17, 15) is 0 Å². The summed E-state index contributed by atoms with van der Waals surface area (Å²) in [6.07, 6.45) is 15.5. The maximum atomic E-state index is 4.57. The lowest BCUT2D eigenvalue weighted by atomic mass is 9.42. The Labute approximate surface area is 237 Å². The van der Waals surface area contributed by atoms with Crippen LogP contribution in [0.4, 0.5) is 0 Å². The highest BCUT2D eigenvalue weighted by Gasteiger charge is 2.65. The SMILES string of the molecule is C=C(C)C[C@H]1CC[C@]2(C)C3=CC[C@]4(C)[C@@H](C(CCC(=C)C(C)C)C(=C)C)[C@H](C)C[C@@]4(C)C3=CCC2C1(C)C. The third-order valence-electron chi connectivity index (χ3n) is 13.1. The van der Waals surface area contributed by atoms with E-state index in [4.69, 9.17) is 0 Å². The summed E-state index contributed by atoms with van der Waals surface area (Å²) < 4.78 is 0. The molecule has 0 aliphatic heterocycles. The fourth-order valence-corrected chi connectivity index (χ4v) is 10.6. The minimum Gasteiger partial charge on any atom is -0.100 e. The molecule has 0 heteroatoms. The molecule has 0 amide bonds. The Hall–Kier alpha value is -1.30. The predicted octanol–water partition coefficient (Wildman–Crippen LogP) is 11.5. The van der Waals surface area contributed by atoms with Crippen LogP contribution in [-0.2, 0) is 0 Å². The van der Waals surface area contributed by atoms with Gasteiger partial charge in [0.05, 0.1) is 0 Å². The molecule has 4 rings (SSSR count). The Morgan fingerprint density at radius 3 is 2.24 bits per heavy atom. The molecule has 0 radical (unpaired) electrons. The smallest absolute Gasteiger partial charge is 0.00133 e. The molecule has 0 heterocycles. The normalized spacial score (nSPS) is 40.4. The van der Waals surface area contributed by atoms with E-state index in [0.29, 0.717) is 34.5 Å². The first-order valence-electron chi connectivity index (χ1n) is 15.9. The second-order valence-corrected chi connectivity index (χ2v) is 16.1. The molecule has 0 spiro atoms. The largest absolute Gasteiger partial charge is 0.100 e. The molecule has 0 saturated heterocycles. The zero-order valence-electron chi connectivity index (χ0n) is 26.9. The first-order valence-corrected chi connectivity index (χ1v) is 15.9. The van der Waals surface area contributed by atoms with Crippen LogP contribution in [0.2, 0.25) is 0 Å². The van der Waals surface area contributed by atoms with Crippen LogP contribution in [-0.4, -0.2) is 0 Å². The van der Waals surface area contributed by atoms with Gasteiger partial charge < -0.3 is 0 Å². The van der Waals surface area contributed by atoms with Gasteiger partial charge in [-0.1, -0.05) is 97.4 Å². The summed E-state index contributed by atoms with van der Waals surface area (Å²) in [5, 5.41) is 0. The van der Waals surface area contributed by atoms with Crippen molar-refractivity contribution in [2.24, 2.45) is 57.2 Å². The van der Waals surface area contributed by atoms with E-state index in [1.54, 1.807) is 11.1 Å². The zero-order chi connectivity index (χ0) is 28.4. The molecule has 2 unspecified atom stereocenters. The van der Waals surface area contributed by atoms with E-state index in [1.807, 2.05) is 0 Å². The Morgan fingerprint density at radius 1 is 1.00 bits per heavy atom. The number of allylic oxidation sites excluding steroid dienone is 7. The van der Waals surface area contributed by atoms with Crippen LogP contribution in [0.3, 0.4) is 0 Å². The molecule has 2 saturated carbocycles. The Kier molecular flexibility index (Phi) is 7.78. The van der Waals surface area contributed by atoms with Crippen LogP contribution in [0.25, 0.3) is 0 Å². The van der Waals surface area contributed by atoms with Gasteiger partial charge in [-0.3, -0.25) is 0 Å². The summed E-state index contributed by atoms with van der Waals surface area (Å²) in [6, 6.07) is 0. The average Bonchev–Trinajstić information content (AvgIpc) is 3.01. The third-order valence-corrected chi connectivity index (χ3v) is 13.1. The van der Waals surface area contributed by atoms with Crippen LogP contribution < -0.4 is 0 Å². The quantitative estimate of drug-likeness (QED) is 0.281. The molecule has 0 nitrogen and oxygen atoms in total. The molecule has 4 aliphatic carbocycles. The van der Waals surface area contributed by atoms with Crippen LogP contribution in [0, 0.1) is 57.2 Å². The second kappa shape index (κ2) is 9.96. The second-order valence-electron chi connectivity index (χ2n) is 16.1. The average molecular weight is 517 g/mol. The van der Waals surface area contributed by atoms with Gasteiger partial charge in [0, 0.05) is 0 Å². The van der Waals surface area contributed by atoms with Gasteiger partial charge in [0.25, 0.3) is 0 Å². The fraction of sp³-hybridized carbons (Fsp3) is 0.737. The lowest BCUT2D eigenvalue weighted by molar-refractivity contribution is -0.0342. The van der Waals surface area contributed by atoms with Gasteiger partial charge in [0.1, 0.15) is 0 Å². The van der Waals surface area contributed by atoms with Crippen molar-refractivity contribution >= 4 is 0 Å². The minimum atomic E-state index is 0.247. The molecule has 38 heavy (non-hydrogen) atoms. The first kappa shape index (κ1) is 29.7. The highest BCUT2D eigenvalue weighted by molar-refractivity contribution is 5.50. The van der Waals surface area contributed by atoms with E-state index in [0.717, 1.165) is 18.3 Å². The van der Waals surface area contributed by atoms with Crippen molar-refractivity contribution in [3.05, 3.63) is 59.8 Å². The summed E-state index contributed by atoms with van der Waals surface area (Å²) in [5.74, 6) is 4.00. The van der Waals surface area contributed by atoms with Crippen LogP contribution in [0.15, 0.2) is 59.8 Å². The van der Waals surface area contributed by atoms with E-state index in [1.165, 1.54) is 61.7 Å². The van der Waals surface area contributed by atoms with Crippen molar-refractivity contribution in [1.82, 2.24) is 0 Å². The monoisotopic (exact) mass is 516 g/mol. The van der Waals surface area contributed by atoms with Gasteiger partial charge in [-0.2, -0.15) is 0 Å². The molecular weight excluding hydrogens is 456 g/mol. The highest BCUT2D eigenvalue weighted by atomic mass is 14.7. The zero-order valence-corrected chi connectivity index (χ0v) is 26.9. The summed E-state index contributed by atoms with van der Waals surface area (Å²) in [5.41, 5.74) is 8.79. The summed E-state index contributed by atoms with van der Waals surface area (Å²) in [7, 11) is 0. The van der Waals surface area contributed by atoms with Crippen molar-refractivity contribution < 1.29 is 0 Å². The maximum absolute atomic E-state index is 4.57. The lowest BCUT2D eigenvalue weighted by Gasteiger charge is -2.62.